The molecule has 1 aromatic heterocycles. The average molecular weight is 234 g/mol. The fourth-order valence-corrected chi connectivity index (χ4v) is 1.99. The van der Waals surface area contributed by atoms with Crippen LogP contribution in [-0.2, 0) is 0 Å². The molecule has 0 saturated heterocycles. The molecule has 1 fully saturated rings. The molecular formula is C13H22N4. The van der Waals surface area contributed by atoms with E-state index in [9.17, 15) is 0 Å². The number of nitrogens with two attached hydrogens (primary N) is 1. The topological polar surface area (TPSA) is 63.8 Å². The van der Waals surface area contributed by atoms with Crippen LogP contribution in [0.4, 0.5) is 11.6 Å². The van der Waals surface area contributed by atoms with Crippen molar-refractivity contribution in [1.82, 2.24) is 9.97 Å². The lowest BCUT2D eigenvalue weighted by molar-refractivity contribution is 0.572. The van der Waals surface area contributed by atoms with Crippen LogP contribution in [0.1, 0.15) is 45.9 Å². The molecule has 1 aliphatic carbocycles. The van der Waals surface area contributed by atoms with Crippen molar-refractivity contribution in [2.45, 2.75) is 40.0 Å². The van der Waals surface area contributed by atoms with Crippen LogP contribution in [0.5, 0.6) is 0 Å². The highest BCUT2D eigenvalue weighted by Crippen LogP contribution is 2.51. The Labute approximate surface area is 103 Å². The van der Waals surface area contributed by atoms with Gasteiger partial charge < -0.3 is 11.1 Å². The van der Waals surface area contributed by atoms with Gasteiger partial charge in [0.2, 0.25) is 0 Å². The summed E-state index contributed by atoms with van der Waals surface area (Å²) in [6.07, 6.45) is 1.29. The second-order valence-electron chi connectivity index (χ2n) is 5.96. The zero-order valence-electron chi connectivity index (χ0n) is 11.1. The van der Waals surface area contributed by atoms with E-state index in [0.717, 1.165) is 24.1 Å². The molecule has 0 amide bonds. The third kappa shape index (κ3) is 2.87. The summed E-state index contributed by atoms with van der Waals surface area (Å²) < 4.78 is 0. The maximum absolute atomic E-state index is 5.78. The van der Waals surface area contributed by atoms with Crippen molar-refractivity contribution < 1.29 is 0 Å². The summed E-state index contributed by atoms with van der Waals surface area (Å²) in [5.41, 5.74) is 6.27. The van der Waals surface area contributed by atoms with Crippen molar-refractivity contribution in [2.75, 3.05) is 17.6 Å². The van der Waals surface area contributed by atoms with Crippen LogP contribution in [0.3, 0.4) is 0 Å². The van der Waals surface area contributed by atoms with Crippen molar-refractivity contribution in [3.63, 3.8) is 0 Å². The van der Waals surface area contributed by atoms with E-state index in [1.165, 1.54) is 6.42 Å². The number of aromatic nitrogens is 2. The minimum atomic E-state index is 0.302. The molecule has 4 nitrogen and oxygen atoms in total. The second-order valence-corrected chi connectivity index (χ2v) is 5.96. The minimum absolute atomic E-state index is 0.302. The summed E-state index contributed by atoms with van der Waals surface area (Å²) in [4.78, 5) is 8.71. The van der Waals surface area contributed by atoms with E-state index in [-0.39, 0.29) is 0 Å². The lowest BCUT2D eigenvalue weighted by atomic mass is 10.1. The summed E-state index contributed by atoms with van der Waals surface area (Å²) in [5, 5.41) is 3.37. The highest BCUT2D eigenvalue weighted by atomic mass is 15.1. The SMILES string of the molecule is CC(C)c1nc(N)cc(NCC2CC2(C)C)n1. The monoisotopic (exact) mass is 234 g/mol. The smallest absolute Gasteiger partial charge is 0.135 e. The number of anilines is 2. The van der Waals surface area contributed by atoms with Gasteiger partial charge in [0.25, 0.3) is 0 Å². The fraction of sp³-hybridized carbons (Fsp3) is 0.692. The first-order valence-electron chi connectivity index (χ1n) is 6.27. The number of rotatable bonds is 4. The van der Waals surface area contributed by atoms with Gasteiger partial charge in [0.15, 0.2) is 0 Å². The van der Waals surface area contributed by atoms with E-state index in [1.807, 2.05) is 0 Å². The standard InChI is InChI=1S/C13H22N4/c1-8(2)12-16-10(14)5-11(17-12)15-7-9-6-13(9,3)4/h5,8-9H,6-7H2,1-4H3,(H3,14,15,16,17). The van der Waals surface area contributed by atoms with Gasteiger partial charge in [-0.25, -0.2) is 9.97 Å². The van der Waals surface area contributed by atoms with Gasteiger partial charge in [0.05, 0.1) is 0 Å². The van der Waals surface area contributed by atoms with E-state index >= 15 is 0 Å². The van der Waals surface area contributed by atoms with Crippen LogP contribution in [0.25, 0.3) is 0 Å². The lowest BCUT2D eigenvalue weighted by Gasteiger charge is -2.10. The molecule has 0 radical (unpaired) electrons. The van der Waals surface area contributed by atoms with E-state index < -0.39 is 0 Å². The molecule has 0 aliphatic heterocycles. The Kier molecular flexibility index (Phi) is 2.98. The summed E-state index contributed by atoms with van der Waals surface area (Å²) in [7, 11) is 0. The quantitative estimate of drug-likeness (QED) is 0.840. The Morgan fingerprint density at radius 2 is 2.12 bits per heavy atom. The first kappa shape index (κ1) is 12.1. The van der Waals surface area contributed by atoms with Gasteiger partial charge >= 0.3 is 0 Å². The Morgan fingerprint density at radius 3 is 2.65 bits per heavy atom. The number of nitrogens with one attached hydrogen (secondary N) is 1. The Bertz CT molecular complexity index is 412. The molecule has 0 aromatic carbocycles. The van der Waals surface area contributed by atoms with Gasteiger partial charge in [0.1, 0.15) is 17.5 Å². The second kappa shape index (κ2) is 4.17. The normalized spacial score (nSPS) is 21.6. The van der Waals surface area contributed by atoms with Gasteiger partial charge in [-0.1, -0.05) is 27.7 Å². The maximum atomic E-state index is 5.78. The summed E-state index contributed by atoms with van der Waals surface area (Å²) in [6.45, 7) is 9.71. The molecule has 3 N–H and O–H groups in total. The number of hydrogen-bond donors (Lipinski definition) is 2. The third-order valence-corrected chi connectivity index (χ3v) is 3.53. The zero-order chi connectivity index (χ0) is 12.6. The molecule has 1 heterocycles. The first-order chi connectivity index (χ1) is 7.88. The Hall–Kier alpha value is -1.32. The lowest BCUT2D eigenvalue weighted by Crippen LogP contribution is -2.11. The number of nitrogen functional groups attached to an aromatic ring is 1. The fourth-order valence-electron chi connectivity index (χ4n) is 1.99. The van der Waals surface area contributed by atoms with E-state index in [0.29, 0.717) is 17.2 Å². The maximum Gasteiger partial charge on any atom is 0.135 e. The third-order valence-electron chi connectivity index (χ3n) is 3.53. The number of nitrogens with zero attached hydrogens (tertiary/aromatic N) is 2. The van der Waals surface area contributed by atoms with Gasteiger partial charge in [-0.15, -0.1) is 0 Å². The Balaban J connectivity index is 2.01. The molecule has 1 saturated carbocycles. The van der Waals surface area contributed by atoms with Crippen molar-refractivity contribution in [3.8, 4) is 0 Å². The van der Waals surface area contributed by atoms with Gasteiger partial charge in [0, 0.05) is 18.5 Å². The van der Waals surface area contributed by atoms with Crippen LogP contribution in [-0.4, -0.2) is 16.5 Å². The van der Waals surface area contributed by atoms with Crippen LogP contribution in [0, 0.1) is 11.3 Å². The predicted octanol–water partition coefficient (Wildman–Crippen LogP) is 2.64. The average Bonchev–Trinajstić information content (AvgIpc) is 2.83. The molecular weight excluding hydrogens is 212 g/mol. The van der Waals surface area contributed by atoms with Gasteiger partial charge in [-0.3, -0.25) is 0 Å². The molecule has 1 aromatic rings. The summed E-state index contributed by atoms with van der Waals surface area (Å²) in [5.74, 6) is 3.25. The number of hydrogen-bond acceptors (Lipinski definition) is 4. The van der Waals surface area contributed by atoms with E-state index in [4.69, 9.17) is 5.73 Å². The molecule has 94 valence electrons. The Morgan fingerprint density at radius 1 is 1.47 bits per heavy atom. The molecule has 17 heavy (non-hydrogen) atoms. The molecule has 4 heteroatoms. The zero-order valence-corrected chi connectivity index (χ0v) is 11.1. The molecule has 1 unspecified atom stereocenters. The van der Waals surface area contributed by atoms with Crippen molar-refractivity contribution in [1.29, 1.82) is 0 Å². The summed E-state index contributed by atoms with van der Waals surface area (Å²) in [6, 6.07) is 1.81. The van der Waals surface area contributed by atoms with Crippen molar-refractivity contribution >= 4 is 11.6 Å². The van der Waals surface area contributed by atoms with E-state index in [1.54, 1.807) is 6.07 Å². The van der Waals surface area contributed by atoms with Crippen LogP contribution >= 0.6 is 0 Å². The largest absolute Gasteiger partial charge is 0.384 e. The highest BCUT2D eigenvalue weighted by molar-refractivity contribution is 5.45. The minimum Gasteiger partial charge on any atom is -0.384 e. The van der Waals surface area contributed by atoms with Crippen LogP contribution in [0.2, 0.25) is 0 Å². The van der Waals surface area contributed by atoms with Gasteiger partial charge in [-0.2, -0.15) is 0 Å². The highest BCUT2D eigenvalue weighted by Gasteiger charge is 2.44. The van der Waals surface area contributed by atoms with Crippen LogP contribution < -0.4 is 11.1 Å². The molecule has 1 aliphatic rings. The van der Waals surface area contributed by atoms with Crippen LogP contribution in [0.15, 0.2) is 6.07 Å². The summed E-state index contributed by atoms with van der Waals surface area (Å²) >= 11 is 0. The van der Waals surface area contributed by atoms with Gasteiger partial charge in [-0.05, 0) is 17.8 Å². The molecule has 0 bridgehead atoms. The van der Waals surface area contributed by atoms with Crippen molar-refractivity contribution in [3.05, 3.63) is 11.9 Å². The molecule has 2 rings (SSSR count). The van der Waals surface area contributed by atoms with Crippen molar-refractivity contribution in [2.24, 2.45) is 11.3 Å². The first-order valence-corrected chi connectivity index (χ1v) is 6.27. The molecule has 0 spiro atoms. The van der Waals surface area contributed by atoms with E-state index in [2.05, 4.69) is 43.0 Å². The predicted molar refractivity (Wildman–Crippen MR) is 70.9 cm³/mol. The molecule has 1 atom stereocenters.